The van der Waals surface area contributed by atoms with Gasteiger partial charge in [0.25, 0.3) is 5.91 Å². The van der Waals surface area contributed by atoms with Gasteiger partial charge < -0.3 is 9.84 Å². The highest BCUT2D eigenvalue weighted by molar-refractivity contribution is 9.10. The van der Waals surface area contributed by atoms with Crippen LogP contribution >= 0.6 is 27.5 Å². The summed E-state index contributed by atoms with van der Waals surface area (Å²) in [6, 6.07) is 8.38. The van der Waals surface area contributed by atoms with E-state index in [4.69, 9.17) is 16.3 Å². The maximum absolute atomic E-state index is 12.0. The molecule has 2 N–H and O–H groups in total. The quantitative estimate of drug-likeness (QED) is 0.607. The molecule has 0 atom stereocenters. The fourth-order valence-corrected chi connectivity index (χ4v) is 2.65. The molecule has 5 nitrogen and oxygen atoms in total. The summed E-state index contributed by atoms with van der Waals surface area (Å²) in [5.41, 5.74) is 4.05. The van der Waals surface area contributed by atoms with E-state index >= 15 is 0 Å². The van der Waals surface area contributed by atoms with Gasteiger partial charge in [0.15, 0.2) is 11.5 Å². The molecule has 0 fully saturated rings. The van der Waals surface area contributed by atoms with Crippen molar-refractivity contribution >= 4 is 39.7 Å². The number of hydrogen-bond donors (Lipinski definition) is 2. The first-order valence-corrected chi connectivity index (χ1v) is 7.75. The number of phenolic OH excluding ortho intramolecular Hbond substituents is 1. The average Bonchev–Trinajstić information content (AvgIpc) is 2.50. The Balaban J connectivity index is 2.16. The number of benzene rings is 2. The third-order valence-electron chi connectivity index (χ3n) is 3.03. The summed E-state index contributed by atoms with van der Waals surface area (Å²) in [6.45, 7) is 1.88. The lowest BCUT2D eigenvalue weighted by molar-refractivity contribution is 0.0955. The number of aromatic hydroxyl groups is 1. The van der Waals surface area contributed by atoms with Crippen molar-refractivity contribution in [3.63, 3.8) is 0 Å². The fraction of sp³-hybridized carbons (Fsp3) is 0.125. The van der Waals surface area contributed by atoms with Gasteiger partial charge in [-0.1, -0.05) is 33.6 Å². The van der Waals surface area contributed by atoms with Gasteiger partial charge >= 0.3 is 0 Å². The van der Waals surface area contributed by atoms with Crippen LogP contribution in [0.4, 0.5) is 0 Å². The van der Waals surface area contributed by atoms with Crippen LogP contribution in [-0.2, 0) is 0 Å². The molecule has 0 saturated heterocycles. The Hall–Kier alpha value is -2.05. The van der Waals surface area contributed by atoms with E-state index in [2.05, 4.69) is 26.5 Å². The Bertz CT molecular complexity index is 778. The van der Waals surface area contributed by atoms with E-state index in [1.807, 2.05) is 6.92 Å². The second-order valence-electron chi connectivity index (χ2n) is 4.73. The lowest BCUT2D eigenvalue weighted by atomic mass is 10.1. The Kier molecular flexibility index (Phi) is 5.63. The summed E-state index contributed by atoms with van der Waals surface area (Å²) in [6.07, 6.45) is 1.32. The molecule has 0 aliphatic carbocycles. The summed E-state index contributed by atoms with van der Waals surface area (Å²) in [4.78, 5) is 12.0. The maximum Gasteiger partial charge on any atom is 0.272 e. The molecule has 1 amide bonds. The normalized spacial score (nSPS) is 10.8. The van der Waals surface area contributed by atoms with Gasteiger partial charge in [0.2, 0.25) is 0 Å². The van der Waals surface area contributed by atoms with Crippen LogP contribution in [0.1, 0.15) is 21.5 Å². The first kappa shape index (κ1) is 17.3. The number of aryl methyl sites for hydroxylation is 1. The minimum Gasteiger partial charge on any atom is -0.504 e. The standard InChI is InChI=1S/C16H14BrClN2O3/c1-9-3-4-12(13(18)5-9)16(22)20-19-8-10-6-11(17)7-14(23-2)15(10)21/h3-8,21H,1-2H3,(H,20,22)/b19-8+. The molecule has 0 radical (unpaired) electrons. The van der Waals surface area contributed by atoms with E-state index in [9.17, 15) is 9.90 Å². The lowest BCUT2D eigenvalue weighted by Gasteiger charge is -2.07. The van der Waals surface area contributed by atoms with Crippen molar-refractivity contribution in [2.45, 2.75) is 6.92 Å². The van der Waals surface area contributed by atoms with E-state index in [1.165, 1.54) is 13.3 Å². The highest BCUT2D eigenvalue weighted by Crippen LogP contribution is 2.32. The molecule has 2 aromatic rings. The van der Waals surface area contributed by atoms with Crippen LogP contribution in [0.5, 0.6) is 11.5 Å². The van der Waals surface area contributed by atoms with Gasteiger partial charge in [-0.15, -0.1) is 0 Å². The zero-order valence-electron chi connectivity index (χ0n) is 12.4. The molecule has 0 heterocycles. The Labute approximate surface area is 147 Å². The van der Waals surface area contributed by atoms with Gasteiger partial charge in [-0.3, -0.25) is 4.79 Å². The van der Waals surface area contributed by atoms with Gasteiger partial charge in [0.1, 0.15) is 0 Å². The number of amides is 1. The third-order valence-corrected chi connectivity index (χ3v) is 3.80. The van der Waals surface area contributed by atoms with Crippen molar-refractivity contribution in [3.05, 3.63) is 56.5 Å². The molecule has 0 aliphatic rings. The highest BCUT2D eigenvalue weighted by atomic mass is 79.9. The van der Waals surface area contributed by atoms with E-state index in [0.717, 1.165) is 5.56 Å². The molecule has 120 valence electrons. The van der Waals surface area contributed by atoms with Gasteiger partial charge in [0.05, 0.1) is 23.9 Å². The van der Waals surface area contributed by atoms with Gasteiger partial charge in [-0.25, -0.2) is 5.43 Å². The van der Waals surface area contributed by atoms with Crippen molar-refractivity contribution in [1.29, 1.82) is 0 Å². The number of ether oxygens (including phenoxy) is 1. The molecular weight excluding hydrogens is 384 g/mol. The average molecular weight is 398 g/mol. The van der Waals surface area contributed by atoms with Crippen molar-refractivity contribution in [1.82, 2.24) is 5.43 Å². The number of phenols is 1. The number of halogens is 2. The number of methoxy groups -OCH3 is 1. The van der Waals surface area contributed by atoms with Crippen LogP contribution in [0.2, 0.25) is 5.02 Å². The van der Waals surface area contributed by atoms with Crippen molar-refractivity contribution in [3.8, 4) is 11.5 Å². The molecular formula is C16H14BrClN2O3. The van der Waals surface area contributed by atoms with Gasteiger partial charge in [0, 0.05) is 10.0 Å². The number of hydrogen-bond acceptors (Lipinski definition) is 4. The molecule has 0 aliphatic heterocycles. The van der Waals surface area contributed by atoms with Crippen molar-refractivity contribution in [2.24, 2.45) is 5.10 Å². The van der Waals surface area contributed by atoms with E-state index in [-0.39, 0.29) is 5.75 Å². The number of carbonyl (C=O) groups excluding carboxylic acids is 1. The predicted octanol–water partition coefficient (Wildman–Crippen LogP) is 3.89. The summed E-state index contributed by atoms with van der Waals surface area (Å²) in [5.74, 6) is -0.205. The lowest BCUT2D eigenvalue weighted by Crippen LogP contribution is -2.18. The summed E-state index contributed by atoms with van der Waals surface area (Å²) < 4.78 is 5.75. The largest absolute Gasteiger partial charge is 0.504 e. The number of carbonyl (C=O) groups is 1. The summed E-state index contributed by atoms with van der Waals surface area (Å²) in [5, 5.41) is 14.2. The van der Waals surface area contributed by atoms with Crippen LogP contribution in [0.3, 0.4) is 0 Å². The maximum atomic E-state index is 12.0. The zero-order valence-corrected chi connectivity index (χ0v) is 14.8. The Morgan fingerprint density at radius 2 is 2.13 bits per heavy atom. The van der Waals surface area contributed by atoms with E-state index in [0.29, 0.717) is 26.4 Å². The van der Waals surface area contributed by atoms with Crippen LogP contribution < -0.4 is 10.2 Å². The number of nitrogens with zero attached hydrogens (tertiary/aromatic N) is 1. The molecule has 2 aromatic carbocycles. The Morgan fingerprint density at radius 1 is 1.39 bits per heavy atom. The molecule has 0 bridgehead atoms. The molecule has 0 saturated carbocycles. The summed E-state index contributed by atoms with van der Waals surface area (Å²) in [7, 11) is 1.45. The first-order chi connectivity index (χ1) is 10.9. The topological polar surface area (TPSA) is 70.9 Å². The SMILES string of the molecule is COc1cc(Br)cc(/C=N/NC(=O)c2ccc(C)cc2Cl)c1O. The van der Waals surface area contributed by atoms with Crippen molar-refractivity contribution < 1.29 is 14.6 Å². The van der Waals surface area contributed by atoms with Gasteiger partial charge in [-0.2, -0.15) is 5.10 Å². The van der Waals surface area contributed by atoms with Crippen LogP contribution in [0.25, 0.3) is 0 Å². The minimum absolute atomic E-state index is 0.0675. The highest BCUT2D eigenvalue weighted by Gasteiger charge is 2.10. The second kappa shape index (κ2) is 7.48. The van der Waals surface area contributed by atoms with Crippen molar-refractivity contribution in [2.75, 3.05) is 7.11 Å². The number of rotatable bonds is 4. The van der Waals surface area contributed by atoms with Crippen LogP contribution in [0.15, 0.2) is 39.9 Å². The smallest absolute Gasteiger partial charge is 0.272 e. The molecule has 7 heteroatoms. The molecule has 0 unspecified atom stereocenters. The molecule has 23 heavy (non-hydrogen) atoms. The predicted molar refractivity (Wildman–Crippen MR) is 93.6 cm³/mol. The van der Waals surface area contributed by atoms with E-state index < -0.39 is 5.91 Å². The molecule has 2 rings (SSSR count). The number of hydrazone groups is 1. The van der Waals surface area contributed by atoms with Crippen LogP contribution in [-0.4, -0.2) is 24.3 Å². The minimum atomic E-state index is -0.437. The number of nitrogens with one attached hydrogen (secondary N) is 1. The second-order valence-corrected chi connectivity index (χ2v) is 6.05. The van der Waals surface area contributed by atoms with Gasteiger partial charge in [-0.05, 0) is 36.8 Å². The summed E-state index contributed by atoms with van der Waals surface area (Å²) >= 11 is 9.33. The monoisotopic (exact) mass is 396 g/mol. The first-order valence-electron chi connectivity index (χ1n) is 6.58. The Morgan fingerprint density at radius 3 is 2.78 bits per heavy atom. The van der Waals surface area contributed by atoms with E-state index in [1.54, 1.807) is 30.3 Å². The molecule has 0 aromatic heterocycles. The fourth-order valence-electron chi connectivity index (χ4n) is 1.87. The third kappa shape index (κ3) is 4.24. The van der Waals surface area contributed by atoms with Crippen LogP contribution in [0, 0.1) is 6.92 Å². The zero-order chi connectivity index (χ0) is 17.0. The molecule has 0 spiro atoms.